The number of carboxylic acids is 1. The van der Waals surface area contributed by atoms with Crippen LogP contribution in [0.4, 0.5) is 0 Å². The Morgan fingerprint density at radius 3 is 2.48 bits per heavy atom. The van der Waals surface area contributed by atoms with Crippen molar-refractivity contribution in [2.24, 2.45) is 22.4 Å². The van der Waals surface area contributed by atoms with Crippen LogP contribution < -0.4 is 16.8 Å². The molecule has 0 spiro atoms. The summed E-state index contributed by atoms with van der Waals surface area (Å²) in [6.07, 6.45) is 3.27. The monoisotopic (exact) mass is 318 g/mol. The smallest absolute Gasteiger partial charge is 0.326 e. The fourth-order valence-electron chi connectivity index (χ4n) is 1.67. The fraction of sp³-hybridized carbons (Fsp3) is 0.769. The number of amides is 1. The number of aliphatic imine (C=N–C) groups is 1. The van der Waals surface area contributed by atoms with E-state index in [4.69, 9.17) is 16.6 Å². The molecule has 0 aromatic heterocycles. The molecule has 8 heteroatoms. The maximum absolute atomic E-state index is 11.9. The maximum Gasteiger partial charge on any atom is 0.326 e. The first kappa shape index (κ1) is 19.7. The Hall–Kier alpha value is -1.28. The van der Waals surface area contributed by atoms with E-state index in [-0.39, 0.29) is 5.92 Å². The zero-order valence-electron chi connectivity index (χ0n) is 12.8. The maximum atomic E-state index is 11.9. The van der Waals surface area contributed by atoms with Gasteiger partial charge < -0.3 is 21.9 Å². The number of carboxylic acid groups (broad SMARTS) is 1. The Bertz CT molecular complexity index is 374. The van der Waals surface area contributed by atoms with Gasteiger partial charge in [-0.15, -0.1) is 0 Å². The summed E-state index contributed by atoms with van der Waals surface area (Å²) in [6, 6.07) is -1.63. The van der Waals surface area contributed by atoms with Crippen LogP contribution in [0.3, 0.4) is 0 Å². The van der Waals surface area contributed by atoms with Gasteiger partial charge >= 0.3 is 5.97 Å². The van der Waals surface area contributed by atoms with E-state index in [0.29, 0.717) is 31.0 Å². The number of nitrogens with two attached hydrogens (primary N) is 2. The Labute approximate surface area is 129 Å². The number of hydrogen-bond donors (Lipinski definition) is 4. The van der Waals surface area contributed by atoms with Crippen LogP contribution in [0.5, 0.6) is 0 Å². The Kier molecular flexibility index (Phi) is 9.81. The van der Waals surface area contributed by atoms with Crippen LogP contribution in [0, 0.1) is 5.92 Å². The summed E-state index contributed by atoms with van der Waals surface area (Å²) in [5.41, 5.74) is 11.3. The molecule has 0 aliphatic carbocycles. The van der Waals surface area contributed by atoms with Crippen molar-refractivity contribution in [3.05, 3.63) is 0 Å². The van der Waals surface area contributed by atoms with Gasteiger partial charge in [-0.25, -0.2) is 4.79 Å². The highest BCUT2D eigenvalue weighted by Gasteiger charge is 2.23. The van der Waals surface area contributed by atoms with Crippen molar-refractivity contribution < 1.29 is 14.7 Å². The second-order valence-corrected chi connectivity index (χ2v) is 6.03. The van der Waals surface area contributed by atoms with E-state index in [0.717, 1.165) is 0 Å². The number of carbonyl (C=O) groups is 2. The molecular formula is C13H26N4O3S. The molecule has 0 fully saturated rings. The molecule has 122 valence electrons. The van der Waals surface area contributed by atoms with Gasteiger partial charge in [0.25, 0.3) is 0 Å². The summed E-state index contributed by atoms with van der Waals surface area (Å²) in [6.45, 7) is 4.30. The Morgan fingerprint density at radius 2 is 2.00 bits per heavy atom. The van der Waals surface area contributed by atoms with Crippen molar-refractivity contribution in [3.63, 3.8) is 0 Å². The van der Waals surface area contributed by atoms with Crippen LogP contribution in [-0.2, 0) is 9.59 Å². The second-order valence-electron chi connectivity index (χ2n) is 5.20. The van der Waals surface area contributed by atoms with Gasteiger partial charge in [0.2, 0.25) is 5.91 Å². The Balaban J connectivity index is 4.21. The van der Waals surface area contributed by atoms with Crippen molar-refractivity contribution in [2.45, 2.75) is 45.2 Å². The van der Waals surface area contributed by atoms with Gasteiger partial charge in [-0.05, 0) is 31.4 Å². The molecule has 6 N–H and O–H groups in total. The van der Waals surface area contributed by atoms with E-state index >= 15 is 0 Å². The van der Waals surface area contributed by atoms with Crippen molar-refractivity contribution in [2.75, 3.05) is 12.8 Å². The lowest BCUT2D eigenvalue weighted by molar-refractivity contribution is -0.142. The van der Waals surface area contributed by atoms with Gasteiger partial charge in [0.05, 0.1) is 6.04 Å². The third kappa shape index (κ3) is 9.30. The van der Waals surface area contributed by atoms with Crippen LogP contribution in [0.15, 0.2) is 4.99 Å². The quantitative estimate of drug-likeness (QED) is 0.276. The zero-order chi connectivity index (χ0) is 16.4. The topological polar surface area (TPSA) is 131 Å². The van der Waals surface area contributed by atoms with E-state index in [1.165, 1.54) is 11.8 Å². The van der Waals surface area contributed by atoms with Gasteiger partial charge in [-0.3, -0.25) is 9.79 Å². The normalized spacial score (nSPS) is 14.8. The molecule has 7 nitrogen and oxygen atoms in total. The number of nitrogens with zero attached hydrogens (tertiary/aromatic N) is 1. The van der Waals surface area contributed by atoms with Crippen LogP contribution in [0.25, 0.3) is 0 Å². The van der Waals surface area contributed by atoms with E-state index in [2.05, 4.69) is 10.3 Å². The largest absolute Gasteiger partial charge is 0.480 e. The zero-order valence-corrected chi connectivity index (χ0v) is 13.7. The number of amidine groups is 1. The first-order valence-electron chi connectivity index (χ1n) is 6.90. The molecule has 1 amide bonds. The number of rotatable bonds is 9. The summed E-state index contributed by atoms with van der Waals surface area (Å²) in [5, 5.41) is 12.0. The van der Waals surface area contributed by atoms with Crippen LogP contribution >= 0.6 is 11.8 Å². The predicted octanol–water partition coefficient (Wildman–Crippen LogP) is 0.387. The van der Waals surface area contributed by atoms with E-state index in [1.54, 1.807) is 0 Å². The lowest BCUT2D eigenvalue weighted by Crippen LogP contribution is -2.48. The molecule has 21 heavy (non-hydrogen) atoms. The minimum Gasteiger partial charge on any atom is -0.480 e. The standard InChI is InChI=1S/C13H26N4O3S/c1-8(2)7-10(12(19)20)17-11(18)9(14)5-4-6-16-13(15)21-3/h8-10H,4-7,14H2,1-3H3,(H2,15,16)(H,17,18)(H,19,20)/t9-,10-/m0/s1. The summed E-state index contributed by atoms with van der Waals surface area (Å²) >= 11 is 1.36. The van der Waals surface area contributed by atoms with Crippen molar-refractivity contribution >= 4 is 28.8 Å². The molecule has 0 aromatic rings. The Morgan fingerprint density at radius 1 is 1.38 bits per heavy atom. The molecule has 0 heterocycles. The minimum atomic E-state index is -1.04. The average molecular weight is 318 g/mol. The highest BCUT2D eigenvalue weighted by atomic mass is 32.2. The third-order valence-corrected chi connectivity index (χ3v) is 3.36. The summed E-state index contributed by atoms with van der Waals surface area (Å²) in [7, 11) is 0. The van der Waals surface area contributed by atoms with Crippen molar-refractivity contribution in [1.82, 2.24) is 5.32 Å². The molecule has 0 rings (SSSR count). The minimum absolute atomic E-state index is 0.173. The molecular weight excluding hydrogens is 292 g/mol. The van der Waals surface area contributed by atoms with Crippen LogP contribution in [-0.4, -0.2) is 47.0 Å². The number of thioether (sulfide) groups is 1. The van der Waals surface area contributed by atoms with Crippen molar-refractivity contribution in [3.8, 4) is 0 Å². The van der Waals surface area contributed by atoms with Gasteiger partial charge in [0, 0.05) is 6.54 Å². The van der Waals surface area contributed by atoms with Crippen LogP contribution in [0.2, 0.25) is 0 Å². The molecule has 0 radical (unpaired) electrons. The molecule has 0 saturated heterocycles. The molecule has 0 aliphatic heterocycles. The lowest BCUT2D eigenvalue weighted by atomic mass is 10.0. The number of aliphatic carboxylic acids is 1. The molecule has 0 saturated carbocycles. The number of nitrogens with one attached hydrogen (secondary N) is 1. The molecule has 0 aliphatic rings. The number of carbonyl (C=O) groups excluding carboxylic acids is 1. The number of hydrogen-bond acceptors (Lipinski definition) is 5. The summed E-state index contributed by atoms with van der Waals surface area (Å²) in [5.74, 6) is -1.31. The first-order chi connectivity index (χ1) is 9.77. The third-order valence-electron chi connectivity index (χ3n) is 2.81. The predicted molar refractivity (Wildman–Crippen MR) is 86.2 cm³/mol. The lowest BCUT2D eigenvalue weighted by Gasteiger charge is -2.19. The first-order valence-corrected chi connectivity index (χ1v) is 8.13. The fourth-order valence-corrected chi connectivity index (χ4v) is 1.89. The highest BCUT2D eigenvalue weighted by Crippen LogP contribution is 2.06. The van der Waals surface area contributed by atoms with E-state index in [1.807, 2.05) is 20.1 Å². The van der Waals surface area contributed by atoms with Gasteiger partial charge in [0.15, 0.2) is 5.17 Å². The summed E-state index contributed by atoms with van der Waals surface area (Å²) in [4.78, 5) is 27.0. The highest BCUT2D eigenvalue weighted by molar-refractivity contribution is 8.13. The second kappa shape index (κ2) is 10.4. The van der Waals surface area contributed by atoms with Crippen LogP contribution in [0.1, 0.15) is 33.1 Å². The summed E-state index contributed by atoms with van der Waals surface area (Å²) < 4.78 is 0. The van der Waals surface area contributed by atoms with Gasteiger partial charge in [0.1, 0.15) is 6.04 Å². The molecule has 0 unspecified atom stereocenters. The SMILES string of the molecule is CSC(N)=NCCC[C@H](N)C(=O)N[C@@H](CC(C)C)C(=O)O. The van der Waals surface area contributed by atoms with Gasteiger partial charge in [-0.2, -0.15) is 0 Å². The van der Waals surface area contributed by atoms with Gasteiger partial charge in [-0.1, -0.05) is 25.6 Å². The van der Waals surface area contributed by atoms with Crippen molar-refractivity contribution in [1.29, 1.82) is 0 Å². The molecule has 0 bridgehead atoms. The average Bonchev–Trinajstić information content (AvgIpc) is 2.41. The van der Waals surface area contributed by atoms with E-state index in [9.17, 15) is 9.59 Å². The molecule has 2 atom stereocenters. The van der Waals surface area contributed by atoms with E-state index < -0.39 is 24.0 Å². The molecule has 0 aromatic carbocycles.